The predicted octanol–water partition coefficient (Wildman–Crippen LogP) is 6.36. The Morgan fingerprint density at radius 2 is 1.50 bits per heavy atom. The first-order chi connectivity index (χ1) is 13.8. The quantitative estimate of drug-likeness (QED) is 0.631. The summed E-state index contributed by atoms with van der Waals surface area (Å²) in [6.07, 6.45) is -3.81. The van der Waals surface area contributed by atoms with Crippen LogP contribution in [0, 0.1) is 0 Å². The van der Waals surface area contributed by atoms with Crippen LogP contribution >= 0.6 is 0 Å². The Morgan fingerprint density at radius 1 is 0.933 bits per heavy atom. The van der Waals surface area contributed by atoms with Crippen LogP contribution in [-0.4, -0.2) is 22.1 Å². The molecule has 3 nitrogen and oxygen atoms in total. The molecule has 6 heteroatoms. The number of aliphatic hydroxyl groups excluding tert-OH is 1. The van der Waals surface area contributed by atoms with E-state index in [0.717, 1.165) is 23.3 Å². The van der Waals surface area contributed by atoms with Gasteiger partial charge in [0.2, 0.25) is 0 Å². The number of alkyl halides is 3. The number of carbonyl (C=O) groups is 1. The molecule has 0 unspecified atom stereocenters. The molecule has 0 aliphatic carbocycles. The molecule has 0 fully saturated rings. The lowest BCUT2D eigenvalue weighted by atomic mass is 9.81. The van der Waals surface area contributed by atoms with Crippen molar-refractivity contribution >= 4 is 11.4 Å². The minimum Gasteiger partial charge on any atom is -0.508 e. The molecule has 0 spiro atoms. The van der Waals surface area contributed by atoms with Crippen LogP contribution in [0.2, 0.25) is 0 Å². The fraction of sp³-hybridized carbons (Fsp3) is 0.375. The lowest BCUT2D eigenvalue weighted by Gasteiger charge is -2.40. The largest absolute Gasteiger partial charge is 0.508 e. The van der Waals surface area contributed by atoms with Gasteiger partial charge in [0.05, 0.1) is 11.1 Å². The molecule has 1 aliphatic rings. The van der Waals surface area contributed by atoms with E-state index < -0.39 is 22.9 Å². The zero-order valence-corrected chi connectivity index (χ0v) is 17.6. The zero-order chi connectivity index (χ0) is 22.5. The molecule has 0 aromatic heterocycles. The number of ketones is 1. The van der Waals surface area contributed by atoms with Gasteiger partial charge in [0.25, 0.3) is 0 Å². The van der Waals surface area contributed by atoms with E-state index in [-0.39, 0.29) is 17.1 Å². The Kier molecular flexibility index (Phi) is 5.35. The molecule has 0 saturated heterocycles. The van der Waals surface area contributed by atoms with Gasteiger partial charge >= 0.3 is 6.18 Å². The van der Waals surface area contributed by atoms with Gasteiger partial charge in [-0.2, -0.15) is 13.2 Å². The highest BCUT2D eigenvalue weighted by molar-refractivity contribution is 6.26. The molecule has 0 saturated carbocycles. The smallest absolute Gasteiger partial charge is 0.416 e. The molecular formula is C24H25F3O3. The van der Waals surface area contributed by atoms with E-state index in [1.54, 1.807) is 39.8 Å². The monoisotopic (exact) mass is 418 g/mol. The Morgan fingerprint density at radius 3 is 2.03 bits per heavy atom. The number of hydrogen-bond donors (Lipinski definition) is 1. The number of aryl methyl sites for hydroxylation is 1. The van der Waals surface area contributed by atoms with Gasteiger partial charge in [-0.3, -0.25) is 4.79 Å². The highest BCUT2D eigenvalue weighted by Gasteiger charge is 2.47. The van der Waals surface area contributed by atoms with Crippen molar-refractivity contribution < 1.29 is 27.8 Å². The van der Waals surface area contributed by atoms with Crippen LogP contribution in [0.3, 0.4) is 0 Å². The Hall–Kier alpha value is -2.60. The number of benzene rings is 2. The minimum absolute atomic E-state index is 0.121. The molecule has 0 amide bonds. The number of aliphatic hydroxyl groups is 1. The maximum Gasteiger partial charge on any atom is 0.416 e. The summed E-state index contributed by atoms with van der Waals surface area (Å²) in [5.41, 5.74) is 0.212. The molecule has 1 heterocycles. The number of ether oxygens (including phenoxy) is 1. The Bertz CT molecular complexity index is 1010. The zero-order valence-electron chi connectivity index (χ0n) is 17.6. The maximum atomic E-state index is 13.1. The maximum absolute atomic E-state index is 13.1. The first-order valence-corrected chi connectivity index (χ1v) is 9.77. The lowest BCUT2D eigenvalue weighted by molar-refractivity contribution is -0.158. The van der Waals surface area contributed by atoms with Gasteiger partial charge in [-0.05, 0) is 68.5 Å². The van der Waals surface area contributed by atoms with Gasteiger partial charge < -0.3 is 9.84 Å². The van der Waals surface area contributed by atoms with E-state index >= 15 is 0 Å². The van der Waals surface area contributed by atoms with E-state index in [9.17, 15) is 23.1 Å². The second-order valence-corrected chi connectivity index (χ2v) is 8.48. The van der Waals surface area contributed by atoms with Crippen LogP contribution < -0.4 is 0 Å². The SMILES string of the molecule is CCc1cc(-c2ccc(C(F)(F)F)cc2)ccc1C1=C(O)C(C)(C)OC(C)(C)C1=O. The normalized spacial score (nSPS) is 18.6. The van der Waals surface area contributed by atoms with Crippen molar-refractivity contribution in [1.82, 2.24) is 0 Å². The summed E-state index contributed by atoms with van der Waals surface area (Å²) >= 11 is 0. The molecule has 160 valence electrons. The van der Waals surface area contributed by atoms with Crippen LogP contribution in [0.15, 0.2) is 48.2 Å². The highest BCUT2D eigenvalue weighted by atomic mass is 19.4. The predicted molar refractivity (Wildman–Crippen MR) is 110 cm³/mol. The molecule has 1 N–H and O–H groups in total. The number of halogens is 3. The third-order valence-corrected chi connectivity index (χ3v) is 5.39. The summed E-state index contributed by atoms with van der Waals surface area (Å²) in [4.78, 5) is 13.1. The van der Waals surface area contributed by atoms with Gasteiger partial charge in [0, 0.05) is 0 Å². The average Bonchev–Trinajstić information content (AvgIpc) is 2.66. The third kappa shape index (κ3) is 3.88. The third-order valence-electron chi connectivity index (χ3n) is 5.39. The van der Waals surface area contributed by atoms with Crippen molar-refractivity contribution in [2.24, 2.45) is 0 Å². The van der Waals surface area contributed by atoms with Crippen molar-refractivity contribution in [3.8, 4) is 11.1 Å². The number of Topliss-reactive ketones (excluding diaryl/α,β-unsaturated/α-hetero) is 1. The summed E-state index contributed by atoms with van der Waals surface area (Å²) in [5, 5.41) is 10.8. The van der Waals surface area contributed by atoms with Gasteiger partial charge in [0.1, 0.15) is 17.0 Å². The van der Waals surface area contributed by atoms with Gasteiger partial charge in [-0.25, -0.2) is 0 Å². The molecule has 2 aromatic carbocycles. The molecule has 1 aliphatic heterocycles. The summed E-state index contributed by atoms with van der Waals surface area (Å²) < 4.78 is 44.3. The molecule has 0 atom stereocenters. The lowest BCUT2D eigenvalue weighted by Crippen LogP contribution is -2.49. The van der Waals surface area contributed by atoms with Crippen LogP contribution in [0.1, 0.15) is 51.3 Å². The van der Waals surface area contributed by atoms with Gasteiger partial charge in [-0.1, -0.05) is 37.3 Å². The van der Waals surface area contributed by atoms with Crippen molar-refractivity contribution in [1.29, 1.82) is 0 Å². The Labute approximate surface area is 174 Å². The van der Waals surface area contributed by atoms with Crippen molar-refractivity contribution in [3.63, 3.8) is 0 Å². The van der Waals surface area contributed by atoms with E-state index in [0.29, 0.717) is 17.5 Å². The molecule has 30 heavy (non-hydrogen) atoms. The molecule has 0 radical (unpaired) electrons. The minimum atomic E-state index is -4.38. The van der Waals surface area contributed by atoms with Crippen LogP contribution in [-0.2, 0) is 22.1 Å². The number of carbonyl (C=O) groups excluding carboxylic acids is 1. The summed E-state index contributed by atoms with van der Waals surface area (Å²) in [6.45, 7) is 8.68. The fourth-order valence-corrected chi connectivity index (χ4v) is 3.85. The molecule has 2 aromatic rings. The molecule has 0 bridgehead atoms. The first-order valence-electron chi connectivity index (χ1n) is 9.77. The van der Waals surface area contributed by atoms with E-state index in [2.05, 4.69) is 0 Å². The summed E-state index contributed by atoms with van der Waals surface area (Å²) in [6, 6.07) is 10.3. The van der Waals surface area contributed by atoms with Crippen molar-refractivity contribution in [2.75, 3.05) is 0 Å². The summed E-state index contributed by atoms with van der Waals surface area (Å²) in [5.74, 6) is -0.430. The standard InChI is InChI=1S/C24H25F3O3/c1-6-14-13-16(15-7-10-17(11-8-15)24(25,26)27)9-12-18(14)19-20(28)22(2,3)30-23(4,5)21(19)29/h7-13,28H,6H2,1-5H3. The van der Waals surface area contributed by atoms with E-state index in [4.69, 9.17) is 4.74 Å². The van der Waals surface area contributed by atoms with Crippen LogP contribution in [0.25, 0.3) is 16.7 Å². The second-order valence-electron chi connectivity index (χ2n) is 8.48. The molecule has 3 rings (SSSR count). The fourth-order valence-electron chi connectivity index (χ4n) is 3.85. The summed E-state index contributed by atoms with van der Waals surface area (Å²) in [7, 11) is 0. The van der Waals surface area contributed by atoms with Crippen LogP contribution in [0.4, 0.5) is 13.2 Å². The van der Waals surface area contributed by atoms with Gasteiger partial charge in [-0.15, -0.1) is 0 Å². The Balaban J connectivity index is 2.10. The first kappa shape index (κ1) is 22.1. The van der Waals surface area contributed by atoms with E-state index in [1.807, 2.05) is 13.0 Å². The van der Waals surface area contributed by atoms with Crippen molar-refractivity contribution in [2.45, 2.75) is 58.4 Å². The topological polar surface area (TPSA) is 46.5 Å². The van der Waals surface area contributed by atoms with Crippen LogP contribution in [0.5, 0.6) is 0 Å². The number of hydrogen-bond acceptors (Lipinski definition) is 3. The number of rotatable bonds is 3. The van der Waals surface area contributed by atoms with E-state index in [1.165, 1.54) is 12.1 Å². The van der Waals surface area contributed by atoms with Gasteiger partial charge in [0.15, 0.2) is 5.78 Å². The second kappa shape index (κ2) is 7.27. The molecular weight excluding hydrogens is 393 g/mol. The average molecular weight is 418 g/mol. The van der Waals surface area contributed by atoms with Crippen molar-refractivity contribution in [3.05, 3.63) is 64.9 Å². The highest BCUT2D eigenvalue weighted by Crippen LogP contribution is 2.41.